The summed E-state index contributed by atoms with van der Waals surface area (Å²) in [4.78, 5) is 22.1. The number of halogens is 1. The Hall–Kier alpha value is -3.21. The molecule has 1 aliphatic heterocycles. The Kier molecular flexibility index (Phi) is 7.61. The molecule has 0 radical (unpaired) electrons. The van der Waals surface area contributed by atoms with Crippen molar-refractivity contribution in [3.05, 3.63) is 58.7 Å². The second kappa shape index (κ2) is 10.8. The Morgan fingerprint density at radius 1 is 1.15 bits per heavy atom. The standard InChI is InChI=1S/C24H28FN5O3S/c1-32-14-13-29-9-11-30(12-10-29)18-6-4-17(5-7-18)27-24-28-23(26)22(34-24)21(31)16-3-8-20(33-2)19(25)15-16/h3-8,15H,9-14,26H2,1-2H3,(H,27,28). The van der Waals surface area contributed by atoms with Crippen molar-refractivity contribution in [2.45, 2.75) is 0 Å². The number of methoxy groups -OCH3 is 2. The summed E-state index contributed by atoms with van der Waals surface area (Å²) in [6.07, 6.45) is 0. The van der Waals surface area contributed by atoms with E-state index in [1.165, 1.54) is 19.2 Å². The van der Waals surface area contributed by atoms with Crippen LogP contribution >= 0.6 is 11.3 Å². The van der Waals surface area contributed by atoms with Crippen LogP contribution in [-0.2, 0) is 4.74 Å². The third-order valence-electron chi connectivity index (χ3n) is 5.74. The van der Waals surface area contributed by atoms with Crippen LogP contribution in [0.25, 0.3) is 0 Å². The van der Waals surface area contributed by atoms with Crippen LogP contribution in [-0.4, -0.2) is 69.2 Å². The zero-order chi connectivity index (χ0) is 24.1. The molecule has 0 bridgehead atoms. The largest absolute Gasteiger partial charge is 0.494 e. The number of hydrogen-bond donors (Lipinski definition) is 2. The first-order valence-corrected chi connectivity index (χ1v) is 11.8. The molecule has 1 aromatic heterocycles. The van der Waals surface area contributed by atoms with E-state index in [9.17, 15) is 9.18 Å². The molecular formula is C24H28FN5O3S. The molecule has 180 valence electrons. The van der Waals surface area contributed by atoms with Gasteiger partial charge in [0.2, 0.25) is 5.78 Å². The fourth-order valence-corrected chi connectivity index (χ4v) is 4.68. The first-order chi connectivity index (χ1) is 16.5. The van der Waals surface area contributed by atoms with Crippen LogP contribution in [0.1, 0.15) is 15.2 Å². The van der Waals surface area contributed by atoms with Crippen LogP contribution in [0.2, 0.25) is 0 Å². The molecule has 34 heavy (non-hydrogen) atoms. The predicted molar refractivity (Wildman–Crippen MR) is 133 cm³/mol. The lowest BCUT2D eigenvalue weighted by Crippen LogP contribution is -2.47. The average Bonchev–Trinajstić information content (AvgIpc) is 3.22. The van der Waals surface area contributed by atoms with Gasteiger partial charge >= 0.3 is 0 Å². The van der Waals surface area contributed by atoms with Gasteiger partial charge in [-0.25, -0.2) is 9.37 Å². The number of carbonyl (C=O) groups excluding carboxylic acids is 1. The maximum atomic E-state index is 14.0. The minimum atomic E-state index is -0.605. The number of nitrogens with two attached hydrogens (primary N) is 1. The highest BCUT2D eigenvalue weighted by molar-refractivity contribution is 7.18. The van der Waals surface area contributed by atoms with Crippen molar-refractivity contribution < 1.29 is 18.7 Å². The van der Waals surface area contributed by atoms with E-state index in [2.05, 4.69) is 32.2 Å². The number of aromatic nitrogens is 1. The van der Waals surface area contributed by atoms with Crippen LogP contribution in [0.3, 0.4) is 0 Å². The van der Waals surface area contributed by atoms with Crippen molar-refractivity contribution >= 4 is 39.4 Å². The number of benzene rings is 2. The molecule has 1 fully saturated rings. The molecular weight excluding hydrogens is 457 g/mol. The van der Waals surface area contributed by atoms with Gasteiger partial charge in [0.05, 0.1) is 13.7 Å². The number of anilines is 4. The van der Waals surface area contributed by atoms with Crippen molar-refractivity contribution in [1.29, 1.82) is 0 Å². The number of ether oxygens (including phenoxy) is 2. The number of thiazole rings is 1. The Bertz CT molecular complexity index is 1130. The van der Waals surface area contributed by atoms with E-state index < -0.39 is 5.82 Å². The third kappa shape index (κ3) is 5.46. The molecule has 0 unspecified atom stereocenters. The molecule has 0 atom stereocenters. The van der Waals surface area contributed by atoms with E-state index in [4.69, 9.17) is 15.2 Å². The Morgan fingerprint density at radius 2 is 1.88 bits per heavy atom. The van der Waals surface area contributed by atoms with Crippen LogP contribution in [0, 0.1) is 5.82 Å². The summed E-state index contributed by atoms with van der Waals surface area (Å²) in [5.41, 5.74) is 8.18. The lowest BCUT2D eigenvalue weighted by Gasteiger charge is -2.36. The molecule has 2 heterocycles. The predicted octanol–water partition coefficient (Wildman–Crippen LogP) is 3.62. The quantitative estimate of drug-likeness (QED) is 0.444. The van der Waals surface area contributed by atoms with Gasteiger partial charge in [0, 0.05) is 56.8 Å². The van der Waals surface area contributed by atoms with Crippen LogP contribution < -0.4 is 20.7 Å². The molecule has 1 aliphatic rings. The lowest BCUT2D eigenvalue weighted by atomic mass is 10.1. The molecule has 4 rings (SSSR count). The molecule has 0 amide bonds. The number of rotatable bonds is 9. The summed E-state index contributed by atoms with van der Waals surface area (Å²) in [6.45, 7) is 5.68. The summed E-state index contributed by atoms with van der Waals surface area (Å²) in [7, 11) is 3.10. The number of piperazine rings is 1. The van der Waals surface area contributed by atoms with Gasteiger partial charge in [-0.3, -0.25) is 9.69 Å². The summed E-state index contributed by atoms with van der Waals surface area (Å²) < 4.78 is 24.1. The third-order valence-corrected chi connectivity index (χ3v) is 6.73. The molecule has 8 nitrogen and oxygen atoms in total. The van der Waals surface area contributed by atoms with Gasteiger partial charge in [0.1, 0.15) is 10.7 Å². The van der Waals surface area contributed by atoms with Crippen molar-refractivity contribution in [1.82, 2.24) is 9.88 Å². The van der Waals surface area contributed by atoms with Gasteiger partial charge in [-0.05, 0) is 42.5 Å². The normalized spacial score (nSPS) is 14.3. The van der Waals surface area contributed by atoms with Crippen molar-refractivity contribution in [3.63, 3.8) is 0 Å². The Balaban J connectivity index is 1.39. The number of carbonyl (C=O) groups is 1. The molecule has 0 aliphatic carbocycles. The Labute approximate surface area is 202 Å². The topological polar surface area (TPSA) is 93.0 Å². The number of nitrogens with zero attached hydrogens (tertiary/aromatic N) is 3. The maximum Gasteiger partial charge on any atom is 0.206 e. The van der Waals surface area contributed by atoms with E-state index in [-0.39, 0.29) is 27.8 Å². The van der Waals surface area contributed by atoms with E-state index in [0.29, 0.717) is 5.13 Å². The smallest absolute Gasteiger partial charge is 0.206 e. The van der Waals surface area contributed by atoms with Gasteiger partial charge < -0.3 is 25.4 Å². The van der Waals surface area contributed by atoms with Crippen molar-refractivity contribution in [2.75, 3.05) is 69.5 Å². The highest BCUT2D eigenvalue weighted by atomic mass is 32.1. The molecule has 0 spiro atoms. The van der Waals surface area contributed by atoms with Crippen LogP contribution in [0.4, 0.5) is 26.7 Å². The monoisotopic (exact) mass is 485 g/mol. The van der Waals surface area contributed by atoms with Crippen LogP contribution in [0.5, 0.6) is 5.75 Å². The minimum Gasteiger partial charge on any atom is -0.494 e. The fourth-order valence-electron chi connectivity index (χ4n) is 3.82. The zero-order valence-corrected chi connectivity index (χ0v) is 20.0. The Morgan fingerprint density at radius 3 is 2.53 bits per heavy atom. The second-order valence-electron chi connectivity index (χ2n) is 7.91. The number of nitrogens with one attached hydrogen (secondary N) is 1. The zero-order valence-electron chi connectivity index (χ0n) is 19.2. The summed E-state index contributed by atoms with van der Waals surface area (Å²) in [6, 6.07) is 12.2. The van der Waals surface area contributed by atoms with Gasteiger partial charge in [0.15, 0.2) is 16.7 Å². The highest BCUT2D eigenvalue weighted by Crippen LogP contribution is 2.31. The molecule has 10 heteroatoms. The number of ketones is 1. The van der Waals surface area contributed by atoms with Gasteiger partial charge in [-0.2, -0.15) is 0 Å². The fraction of sp³-hybridized carbons (Fsp3) is 0.333. The van der Waals surface area contributed by atoms with E-state index in [1.807, 2.05) is 12.1 Å². The summed E-state index contributed by atoms with van der Waals surface area (Å²) in [5, 5.41) is 3.70. The number of nitrogen functional groups attached to an aromatic ring is 1. The lowest BCUT2D eigenvalue weighted by molar-refractivity contribution is 0.104. The van der Waals surface area contributed by atoms with Gasteiger partial charge in [-0.1, -0.05) is 11.3 Å². The van der Waals surface area contributed by atoms with Gasteiger partial charge in [-0.15, -0.1) is 0 Å². The van der Waals surface area contributed by atoms with E-state index in [1.54, 1.807) is 7.11 Å². The SMILES string of the molecule is COCCN1CCN(c2ccc(Nc3nc(N)c(C(=O)c4ccc(OC)c(F)c4)s3)cc2)CC1. The maximum absolute atomic E-state index is 14.0. The van der Waals surface area contributed by atoms with Crippen LogP contribution in [0.15, 0.2) is 42.5 Å². The average molecular weight is 486 g/mol. The minimum absolute atomic E-state index is 0.0765. The summed E-state index contributed by atoms with van der Waals surface area (Å²) in [5.74, 6) is -0.805. The first-order valence-electron chi connectivity index (χ1n) is 11.0. The molecule has 0 saturated carbocycles. The van der Waals surface area contributed by atoms with Gasteiger partial charge in [0.25, 0.3) is 0 Å². The molecule has 3 N–H and O–H groups in total. The molecule has 2 aromatic carbocycles. The van der Waals surface area contributed by atoms with E-state index in [0.717, 1.165) is 68.1 Å². The molecule has 1 saturated heterocycles. The van der Waals surface area contributed by atoms with E-state index >= 15 is 0 Å². The van der Waals surface area contributed by atoms with Crippen molar-refractivity contribution in [3.8, 4) is 5.75 Å². The second-order valence-corrected chi connectivity index (χ2v) is 8.90. The molecule has 3 aromatic rings. The van der Waals surface area contributed by atoms with Crippen molar-refractivity contribution in [2.24, 2.45) is 0 Å². The first kappa shape index (κ1) is 23.9. The summed E-state index contributed by atoms with van der Waals surface area (Å²) >= 11 is 1.14. The highest BCUT2D eigenvalue weighted by Gasteiger charge is 2.20. The number of hydrogen-bond acceptors (Lipinski definition) is 9.